The molecule has 7 heteroatoms. The third-order valence-electron chi connectivity index (χ3n) is 3.09. The van der Waals surface area contributed by atoms with E-state index < -0.39 is 11.7 Å². The largest absolute Gasteiger partial charge is 0.416 e. The third-order valence-corrected chi connectivity index (χ3v) is 3.09. The van der Waals surface area contributed by atoms with Crippen LogP contribution in [0.5, 0.6) is 0 Å². The van der Waals surface area contributed by atoms with Crippen LogP contribution in [0.15, 0.2) is 41.6 Å². The lowest BCUT2D eigenvalue weighted by atomic mass is 10.1. The fraction of sp³-hybridized carbons (Fsp3) is 0.250. The Bertz CT molecular complexity index is 712. The lowest BCUT2D eigenvalue weighted by Crippen LogP contribution is -2.14. The van der Waals surface area contributed by atoms with E-state index in [-0.39, 0.29) is 11.5 Å². The SMILES string of the molecule is CON=Cc1cccc(-c2cc(C(F)(F)F)cc(N(C)C)n2)c1. The van der Waals surface area contributed by atoms with Gasteiger partial charge in [0.15, 0.2) is 0 Å². The molecule has 0 radical (unpaired) electrons. The number of anilines is 1. The van der Waals surface area contributed by atoms with Crippen molar-refractivity contribution in [1.82, 2.24) is 4.98 Å². The van der Waals surface area contributed by atoms with Crippen LogP contribution in [0.4, 0.5) is 19.0 Å². The molecule has 0 N–H and O–H groups in total. The maximum absolute atomic E-state index is 13.1. The summed E-state index contributed by atoms with van der Waals surface area (Å²) >= 11 is 0. The molecule has 0 aliphatic carbocycles. The number of halogens is 3. The van der Waals surface area contributed by atoms with Crippen LogP contribution in [0.3, 0.4) is 0 Å². The number of oxime groups is 1. The molecule has 0 bridgehead atoms. The summed E-state index contributed by atoms with van der Waals surface area (Å²) in [6, 6.07) is 8.96. The van der Waals surface area contributed by atoms with E-state index in [1.165, 1.54) is 18.2 Å². The fourth-order valence-corrected chi connectivity index (χ4v) is 1.95. The van der Waals surface area contributed by atoms with Gasteiger partial charge < -0.3 is 9.74 Å². The maximum Gasteiger partial charge on any atom is 0.416 e. The van der Waals surface area contributed by atoms with Crippen LogP contribution in [0.2, 0.25) is 0 Å². The standard InChI is InChI=1S/C16H16F3N3O/c1-22(2)15-9-13(16(17,18)19)8-14(21-15)12-6-4-5-11(7-12)10-20-23-3/h4-10H,1-3H3. The molecule has 0 fully saturated rings. The molecular formula is C16H16F3N3O. The summed E-state index contributed by atoms with van der Waals surface area (Å²) in [5.41, 5.74) is 0.785. The van der Waals surface area contributed by atoms with Crippen LogP contribution >= 0.6 is 0 Å². The van der Waals surface area contributed by atoms with Crippen molar-refractivity contribution in [3.63, 3.8) is 0 Å². The van der Waals surface area contributed by atoms with Gasteiger partial charge in [-0.2, -0.15) is 13.2 Å². The van der Waals surface area contributed by atoms with Gasteiger partial charge in [0, 0.05) is 19.7 Å². The predicted molar refractivity (Wildman–Crippen MR) is 83.6 cm³/mol. The van der Waals surface area contributed by atoms with Gasteiger partial charge in [-0.05, 0) is 23.8 Å². The van der Waals surface area contributed by atoms with Gasteiger partial charge >= 0.3 is 6.18 Å². The van der Waals surface area contributed by atoms with Crippen LogP contribution in [0, 0.1) is 0 Å². The Hall–Kier alpha value is -2.57. The maximum atomic E-state index is 13.1. The van der Waals surface area contributed by atoms with Crippen LogP contribution in [0.25, 0.3) is 11.3 Å². The second-order valence-electron chi connectivity index (χ2n) is 5.03. The lowest BCUT2D eigenvalue weighted by molar-refractivity contribution is -0.137. The number of benzene rings is 1. The first-order valence-corrected chi connectivity index (χ1v) is 6.75. The molecule has 0 unspecified atom stereocenters. The van der Waals surface area contributed by atoms with Gasteiger partial charge in [0.25, 0.3) is 0 Å². The van der Waals surface area contributed by atoms with Gasteiger partial charge in [-0.3, -0.25) is 0 Å². The molecule has 0 aliphatic heterocycles. The van der Waals surface area contributed by atoms with Gasteiger partial charge in [-0.15, -0.1) is 0 Å². The quantitative estimate of drug-likeness (QED) is 0.634. The smallest absolute Gasteiger partial charge is 0.399 e. The number of rotatable bonds is 4. The van der Waals surface area contributed by atoms with Crippen molar-refractivity contribution in [1.29, 1.82) is 0 Å². The Morgan fingerprint density at radius 3 is 2.52 bits per heavy atom. The van der Waals surface area contributed by atoms with Crippen LogP contribution in [-0.2, 0) is 11.0 Å². The Labute approximate surface area is 132 Å². The van der Waals surface area contributed by atoms with E-state index in [2.05, 4.69) is 15.0 Å². The number of alkyl halides is 3. The summed E-state index contributed by atoms with van der Waals surface area (Å²) in [6.07, 6.45) is -2.96. The zero-order valence-corrected chi connectivity index (χ0v) is 12.9. The van der Waals surface area contributed by atoms with Crippen molar-refractivity contribution in [3.05, 3.63) is 47.5 Å². The zero-order chi connectivity index (χ0) is 17.0. The molecule has 1 aromatic heterocycles. The molecule has 4 nitrogen and oxygen atoms in total. The molecule has 0 saturated carbocycles. The summed E-state index contributed by atoms with van der Waals surface area (Å²) in [6.45, 7) is 0. The molecular weight excluding hydrogens is 307 g/mol. The van der Waals surface area contributed by atoms with E-state index in [1.54, 1.807) is 38.4 Å². The summed E-state index contributed by atoms with van der Waals surface area (Å²) in [7, 11) is 4.71. The van der Waals surface area contributed by atoms with E-state index in [1.807, 2.05) is 0 Å². The Morgan fingerprint density at radius 1 is 1.17 bits per heavy atom. The monoisotopic (exact) mass is 323 g/mol. The minimum absolute atomic E-state index is 0.241. The van der Waals surface area contributed by atoms with Crippen molar-refractivity contribution >= 4 is 12.0 Å². The van der Waals surface area contributed by atoms with E-state index in [0.717, 1.165) is 12.1 Å². The molecule has 1 aromatic carbocycles. The van der Waals surface area contributed by atoms with Gasteiger partial charge in [0.1, 0.15) is 12.9 Å². The number of hydrogen-bond donors (Lipinski definition) is 0. The first-order valence-electron chi connectivity index (χ1n) is 6.75. The molecule has 2 aromatic rings. The second-order valence-corrected chi connectivity index (χ2v) is 5.03. The summed E-state index contributed by atoms with van der Waals surface area (Å²) in [4.78, 5) is 10.4. The Balaban J connectivity index is 2.54. The Morgan fingerprint density at radius 2 is 1.91 bits per heavy atom. The molecule has 2 rings (SSSR count). The Kier molecular flexibility index (Phi) is 4.88. The zero-order valence-electron chi connectivity index (χ0n) is 12.9. The van der Waals surface area contributed by atoms with E-state index >= 15 is 0 Å². The number of hydrogen-bond acceptors (Lipinski definition) is 4. The highest BCUT2D eigenvalue weighted by molar-refractivity contribution is 5.82. The van der Waals surface area contributed by atoms with Crippen LogP contribution < -0.4 is 4.90 Å². The lowest BCUT2D eigenvalue weighted by Gasteiger charge is -2.16. The van der Waals surface area contributed by atoms with Gasteiger partial charge in [0.2, 0.25) is 0 Å². The van der Waals surface area contributed by atoms with Gasteiger partial charge in [0.05, 0.1) is 17.5 Å². The molecule has 0 aliphatic rings. The molecule has 0 spiro atoms. The van der Waals surface area contributed by atoms with Crippen molar-refractivity contribution < 1.29 is 18.0 Å². The first-order chi connectivity index (χ1) is 10.8. The average molecular weight is 323 g/mol. The fourth-order valence-electron chi connectivity index (χ4n) is 1.95. The first kappa shape index (κ1) is 16.8. The molecule has 1 heterocycles. The minimum Gasteiger partial charge on any atom is -0.399 e. The summed E-state index contributed by atoms with van der Waals surface area (Å²) < 4.78 is 39.3. The van der Waals surface area contributed by atoms with E-state index in [9.17, 15) is 13.2 Å². The molecule has 122 valence electrons. The molecule has 0 saturated heterocycles. The summed E-state index contributed by atoms with van der Waals surface area (Å²) in [5.74, 6) is 0.241. The number of aromatic nitrogens is 1. The molecule has 0 atom stereocenters. The number of nitrogens with zero attached hydrogens (tertiary/aromatic N) is 3. The average Bonchev–Trinajstić information content (AvgIpc) is 2.52. The van der Waals surface area contributed by atoms with Crippen molar-refractivity contribution in [3.8, 4) is 11.3 Å². The normalized spacial score (nSPS) is 11.7. The van der Waals surface area contributed by atoms with E-state index in [0.29, 0.717) is 11.1 Å². The third kappa shape index (κ3) is 4.21. The summed E-state index contributed by atoms with van der Waals surface area (Å²) in [5, 5.41) is 3.65. The van der Waals surface area contributed by atoms with Crippen molar-refractivity contribution in [2.45, 2.75) is 6.18 Å². The highest BCUT2D eigenvalue weighted by Crippen LogP contribution is 2.33. The van der Waals surface area contributed by atoms with Crippen molar-refractivity contribution in [2.75, 3.05) is 26.1 Å². The predicted octanol–water partition coefficient (Wildman–Crippen LogP) is 3.81. The van der Waals surface area contributed by atoms with Crippen LogP contribution in [0.1, 0.15) is 11.1 Å². The van der Waals surface area contributed by atoms with E-state index in [4.69, 9.17) is 0 Å². The van der Waals surface area contributed by atoms with Gasteiger partial charge in [-0.25, -0.2) is 4.98 Å². The highest BCUT2D eigenvalue weighted by atomic mass is 19.4. The molecule has 0 amide bonds. The highest BCUT2D eigenvalue weighted by Gasteiger charge is 2.32. The van der Waals surface area contributed by atoms with Crippen molar-refractivity contribution in [2.24, 2.45) is 5.16 Å². The molecule has 23 heavy (non-hydrogen) atoms. The van der Waals surface area contributed by atoms with Crippen LogP contribution in [-0.4, -0.2) is 32.4 Å². The van der Waals surface area contributed by atoms with Gasteiger partial charge in [-0.1, -0.05) is 23.4 Å². The second kappa shape index (κ2) is 6.68. The topological polar surface area (TPSA) is 37.7 Å². The minimum atomic E-state index is -4.43. The number of pyridine rings is 1.